The monoisotopic (exact) mass is 518 g/mol. The van der Waals surface area contributed by atoms with E-state index in [1.54, 1.807) is 34.9 Å². The molecule has 3 aliphatic rings. The highest BCUT2D eigenvalue weighted by atomic mass is 19.1. The van der Waals surface area contributed by atoms with Gasteiger partial charge in [-0.3, -0.25) is 24.2 Å². The number of amides is 2. The highest BCUT2D eigenvalue weighted by Gasteiger charge is 2.35. The van der Waals surface area contributed by atoms with Gasteiger partial charge >= 0.3 is 5.97 Å². The number of hydrogen-bond donors (Lipinski definition) is 1. The van der Waals surface area contributed by atoms with Gasteiger partial charge in [-0.15, -0.1) is 0 Å². The molecule has 1 aliphatic carbocycles. The predicted octanol–water partition coefficient (Wildman–Crippen LogP) is 2.98. The number of carboxylic acids is 1. The van der Waals surface area contributed by atoms with Gasteiger partial charge in [0.15, 0.2) is 0 Å². The first-order valence-electron chi connectivity index (χ1n) is 12.9. The summed E-state index contributed by atoms with van der Waals surface area (Å²) in [5, 5.41) is 9.53. The largest absolute Gasteiger partial charge is 0.477 e. The van der Waals surface area contributed by atoms with Gasteiger partial charge in [0, 0.05) is 50.3 Å². The summed E-state index contributed by atoms with van der Waals surface area (Å²) in [6.07, 6.45) is 3.82. The number of fused-ring (bicyclic) bond motifs is 2. The van der Waals surface area contributed by atoms with Crippen molar-refractivity contribution < 1.29 is 23.9 Å². The van der Waals surface area contributed by atoms with Gasteiger partial charge in [-0.1, -0.05) is 12.1 Å². The molecule has 0 unspecified atom stereocenters. The molecular weight excluding hydrogens is 491 g/mol. The zero-order valence-corrected chi connectivity index (χ0v) is 20.7. The fourth-order valence-corrected chi connectivity index (χ4v) is 5.52. The minimum Gasteiger partial charge on any atom is -0.477 e. The molecule has 1 saturated heterocycles. The Morgan fingerprint density at radius 2 is 1.61 bits per heavy atom. The van der Waals surface area contributed by atoms with E-state index < -0.39 is 17.2 Å². The smallest absolute Gasteiger partial charge is 0.341 e. The van der Waals surface area contributed by atoms with Crippen LogP contribution in [-0.2, 0) is 0 Å². The molecule has 2 aliphatic heterocycles. The maximum absolute atomic E-state index is 15.2. The van der Waals surface area contributed by atoms with E-state index in [4.69, 9.17) is 0 Å². The number of piperazine rings is 1. The van der Waals surface area contributed by atoms with Crippen molar-refractivity contribution in [3.05, 3.63) is 75.3 Å². The Morgan fingerprint density at radius 3 is 2.21 bits per heavy atom. The van der Waals surface area contributed by atoms with E-state index in [9.17, 15) is 24.3 Å². The van der Waals surface area contributed by atoms with Crippen molar-refractivity contribution in [3.63, 3.8) is 0 Å². The second-order valence-corrected chi connectivity index (χ2v) is 10.1. The lowest BCUT2D eigenvalue weighted by molar-refractivity contribution is 0.0643. The first kappa shape index (κ1) is 24.3. The van der Waals surface area contributed by atoms with Crippen LogP contribution in [0.1, 0.15) is 56.4 Å². The van der Waals surface area contributed by atoms with E-state index in [2.05, 4.69) is 4.90 Å². The van der Waals surface area contributed by atoms with Gasteiger partial charge in [0.05, 0.1) is 22.3 Å². The third-order valence-electron chi connectivity index (χ3n) is 7.72. The summed E-state index contributed by atoms with van der Waals surface area (Å²) in [7, 11) is 0. The number of imide groups is 1. The zero-order chi connectivity index (χ0) is 26.6. The lowest BCUT2D eigenvalue weighted by Crippen LogP contribution is -2.47. The van der Waals surface area contributed by atoms with E-state index in [1.165, 1.54) is 17.2 Å². The number of pyridine rings is 1. The van der Waals surface area contributed by atoms with Gasteiger partial charge in [-0.05, 0) is 50.1 Å². The average molecular weight is 519 g/mol. The van der Waals surface area contributed by atoms with Crippen LogP contribution in [0.3, 0.4) is 0 Å². The Balaban J connectivity index is 1.12. The summed E-state index contributed by atoms with van der Waals surface area (Å²) in [6.45, 7) is 3.59. The second-order valence-electron chi connectivity index (χ2n) is 10.1. The minimum absolute atomic E-state index is 0.0878. The molecule has 0 spiro atoms. The number of anilines is 1. The van der Waals surface area contributed by atoms with Gasteiger partial charge in [-0.2, -0.15) is 0 Å². The number of aromatic carboxylic acids is 1. The lowest BCUT2D eigenvalue weighted by atomic mass is 10.1. The van der Waals surface area contributed by atoms with Crippen LogP contribution in [0, 0.1) is 5.82 Å². The molecular formula is C28H27FN4O5. The number of carbonyl (C=O) groups is 3. The number of carbonyl (C=O) groups excluding carboxylic acids is 2. The summed E-state index contributed by atoms with van der Waals surface area (Å²) < 4.78 is 17.0. The molecule has 3 heterocycles. The van der Waals surface area contributed by atoms with Crippen molar-refractivity contribution in [2.45, 2.75) is 25.3 Å². The Kier molecular flexibility index (Phi) is 5.98. The predicted molar refractivity (Wildman–Crippen MR) is 138 cm³/mol. The van der Waals surface area contributed by atoms with Crippen molar-refractivity contribution >= 4 is 34.4 Å². The molecule has 1 saturated carbocycles. The van der Waals surface area contributed by atoms with Gasteiger partial charge in [-0.25, -0.2) is 9.18 Å². The summed E-state index contributed by atoms with van der Waals surface area (Å²) in [4.78, 5) is 54.9. The Labute approximate surface area is 217 Å². The third-order valence-corrected chi connectivity index (χ3v) is 7.72. The number of nitrogens with zero attached hydrogens (tertiary/aromatic N) is 4. The Morgan fingerprint density at radius 1 is 0.947 bits per heavy atom. The lowest BCUT2D eigenvalue weighted by Gasteiger charge is -2.36. The van der Waals surface area contributed by atoms with Crippen LogP contribution in [0.2, 0.25) is 0 Å². The highest BCUT2D eigenvalue weighted by Crippen LogP contribution is 2.38. The highest BCUT2D eigenvalue weighted by molar-refractivity contribution is 6.21. The van der Waals surface area contributed by atoms with Crippen LogP contribution >= 0.6 is 0 Å². The zero-order valence-electron chi connectivity index (χ0n) is 20.7. The number of halogens is 1. The molecule has 0 bridgehead atoms. The summed E-state index contributed by atoms with van der Waals surface area (Å²) in [5.74, 6) is -2.35. The van der Waals surface area contributed by atoms with Crippen molar-refractivity contribution in [3.8, 4) is 0 Å². The molecule has 2 fully saturated rings. The molecule has 2 aromatic carbocycles. The first-order chi connectivity index (χ1) is 18.3. The maximum atomic E-state index is 15.2. The summed E-state index contributed by atoms with van der Waals surface area (Å²) >= 11 is 0. The van der Waals surface area contributed by atoms with Gasteiger partial charge in [0.1, 0.15) is 11.4 Å². The van der Waals surface area contributed by atoms with Crippen molar-refractivity contribution in [1.82, 2.24) is 14.4 Å². The molecule has 196 valence electrons. The molecule has 9 nitrogen and oxygen atoms in total. The molecule has 2 amide bonds. The van der Waals surface area contributed by atoms with Gasteiger partial charge < -0.3 is 14.6 Å². The first-order valence-corrected chi connectivity index (χ1v) is 12.9. The number of rotatable bonds is 7. The van der Waals surface area contributed by atoms with Crippen molar-refractivity contribution in [2.75, 3.05) is 44.2 Å². The minimum atomic E-state index is -1.31. The van der Waals surface area contributed by atoms with Crippen LogP contribution in [-0.4, -0.2) is 76.5 Å². The Hall–Kier alpha value is -4.05. The number of carboxylic acid groups (broad SMARTS) is 1. The molecule has 0 atom stereocenters. The van der Waals surface area contributed by atoms with Crippen molar-refractivity contribution in [1.29, 1.82) is 0 Å². The van der Waals surface area contributed by atoms with Crippen molar-refractivity contribution in [2.24, 2.45) is 0 Å². The summed E-state index contributed by atoms with van der Waals surface area (Å²) in [6, 6.07) is 9.83. The fraction of sp³-hybridized carbons (Fsp3) is 0.357. The molecule has 1 aromatic heterocycles. The molecule has 10 heteroatoms. The normalized spacial score (nSPS) is 17.9. The standard InChI is InChI=1S/C28H27FN4O5/c29-22-14-20-23(33(17-6-7-17)16-21(25(20)34)28(37)38)15-24(22)31-12-10-30(11-13-31)8-3-9-32-26(35)18-4-1-2-5-19(18)27(32)36/h1-2,4-5,14-17H,3,6-13H2,(H,37,38). The topological polar surface area (TPSA) is 103 Å². The Bertz CT molecular complexity index is 1500. The van der Waals surface area contributed by atoms with Crippen LogP contribution in [0.5, 0.6) is 0 Å². The van der Waals surface area contributed by atoms with E-state index in [0.717, 1.165) is 12.8 Å². The molecule has 6 rings (SSSR count). The molecule has 1 N–H and O–H groups in total. The quantitative estimate of drug-likeness (QED) is 0.480. The van der Waals surface area contributed by atoms with Crippen LogP contribution < -0.4 is 10.3 Å². The SMILES string of the molecule is O=C(O)c1cn(C2CC2)c2cc(N3CCN(CCCN4C(=O)c5ccccc5C4=O)CC3)c(F)cc2c1=O. The molecule has 0 radical (unpaired) electrons. The van der Waals surface area contributed by atoms with Gasteiger partial charge in [0.2, 0.25) is 5.43 Å². The van der Waals surface area contributed by atoms with E-state index in [1.807, 2.05) is 4.90 Å². The van der Waals surface area contributed by atoms with Crippen LogP contribution in [0.4, 0.5) is 10.1 Å². The second kappa shape index (κ2) is 9.36. The number of hydrogen-bond acceptors (Lipinski definition) is 6. The fourth-order valence-electron chi connectivity index (χ4n) is 5.52. The van der Waals surface area contributed by atoms with Gasteiger partial charge in [0.25, 0.3) is 11.8 Å². The van der Waals surface area contributed by atoms with E-state index >= 15 is 4.39 Å². The molecule has 38 heavy (non-hydrogen) atoms. The van der Waals surface area contributed by atoms with E-state index in [0.29, 0.717) is 68.0 Å². The van der Waals surface area contributed by atoms with Crippen LogP contribution in [0.15, 0.2) is 47.4 Å². The average Bonchev–Trinajstić information content (AvgIpc) is 3.73. The maximum Gasteiger partial charge on any atom is 0.341 e. The molecule has 3 aromatic rings. The summed E-state index contributed by atoms with van der Waals surface area (Å²) in [5.41, 5.74) is 0.857. The third kappa shape index (κ3) is 4.14. The number of benzene rings is 2. The number of aromatic nitrogens is 1. The van der Waals surface area contributed by atoms with E-state index in [-0.39, 0.29) is 28.8 Å². The van der Waals surface area contributed by atoms with Crippen LogP contribution in [0.25, 0.3) is 10.9 Å².